The average molecular weight is 372 g/mol. The molecule has 0 aromatic heterocycles. The normalized spacial score (nSPS) is 21.8. The molecular weight excluding hydrogens is 348 g/mol. The van der Waals surface area contributed by atoms with Crippen molar-refractivity contribution in [2.24, 2.45) is 11.8 Å². The molecule has 3 amide bonds. The molecule has 144 valence electrons. The van der Waals surface area contributed by atoms with Gasteiger partial charge in [0.1, 0.15) is 6.54 Å². The van der Waals surface area contributed by atoms with E-state index >= 15 is 0 Å². The third-order valence-electron chi connectivity index (χ3n) is 5.46. The largest absolute Gasteiger partial charge is 0.454 e. The van der Waals surface area contributed by atoms with Gasteiger partial charge in [0.15, 0.2) is 6.61 Å². The van der Waals surface area contributed by atoms with Crippen LogP contribution in [0.4, 0.5) is 5.69 Å². The monoisotopic (exact) mass is 372 g/mol. The van der Waals surface area contributed by atoms with Gasteiger partial charge in [0.25, 0.3) is 5.91 Å². The third kappa shape index (κ3) is 4.02. The predicted molar refractivity (Wildman–Crippen MR) is 97.7 cm³/mol. The van der Waals surface area contributed by atoms with Crippen molar-refractivity contribution in [2.75, 3.05) is 18.5 Å². The third-order valence-corrected chi connectivity index (χ3v) is 5.46. The van der Waals surface area contributed by atoms with Crippen molar-refractivity contribution in [1.29, 1.82) is 0 Å². The Morgan fingerprint density at radius 2 is 1.74 bits per heavy atom. The van der Waals surface area contributed by atoms with E-state index < -0.39 is 25.0 Å². The van der Waals surface area contributed by atoms with E-state index in [1.165, 1.54) is 0 Å². The number of hydrogen-bond donors (Lipinski definition) is 1. The van der Waals surface area contributed by atoms with E-state index in [0.29, 0.717) is 18.5 Å². The van der Waals surface area contributed by atoms with Gasteiger partial charge in [-0.25, -0.2) is 0 Å². The number of anilines is 1. The van der Waals surface area contributed by atoms with Gasteiger partial charge in [-0.3, -0.25) is 24.1 Å². The SMILES string of the molecule is Cc1cccc(NC(=O)COC(=O)CN2C(=O)[C@H]3CCCC[C@H]3C2=O)c1C. The van der Waals surface area contributed by atoms with Crippen molar-refractivity contribution in [3.63, 3.8) is 0 Å². The fraction of sp³-hybridized carbons (Fsp3) is 0.500. The number of aryl methyl sites for hydroxylation is 1. The van der Waals surface area contributed by atoms with E-state index in [4.69, 9.17) is 4.74 Å². The molecule has 1 saturated carbocycles. The summed E-state index contributed by atoms with van der Waals surface area (Å²) in [6, 6.07) is 5.53. The molecule has 1 aromatic carbocycles. The molecule has 1 aliphatic carbocycles. The fourth-order valence-electron chi connectivity index (χ4n) is 3.78. The molecule has 3 rings (SSSR count). The van der Waals surface area contributed by atoms with Gasteiger partial charge in [-0.2, -0.15) is 0 Å². The lowest BCUT2D eigenvalue weighted by molar-refractivity contribution is -0.154. The molecule has 1 aliphatic heterocycles. The molecule has 7 nitrogen and oxygen atoms in total. The highest BCUT2D eigenvalue weighted by atomic mass is 16.5. The number of carbonyl (C=O) groups excluding carboxylic acids is 4. The zero-order chi connectivity index (χ0) is 19.6. The summed E-state index contributed by atoms with van der Waals surface area (Å²) in [5.74, 6) is -2.41. The van der Waals surface area contributed by atoms with Crippen LogP contribution in [0.25, 0.3) is 0 Å². The van der Waals surface area contributed by atoms with Crippen molar-refractivity contribution >= 4 is 29.4 Å². The summed E-state index contributed by atoms with van der Waals surface area (Å²) in [7, 11) is 0. The lowest BCUT2D eigenvalue weighted by Gasteiger charge is -2.19. The maximum absolute atomic E-state index is 12.4. The first-order valence-corrected chi connectivity index (χ1v) is 9.25. The van der Waals surface area contributed by atoms with E-state index in [-0.39, 0.29) is 23.7 Å². The van der Waals surface area contributed by atoms with Crippen molar-refractivity contribution in [3.05, 3.63) is 29.3 Å². The van der Waals surface area contributed by atoms with E-state index in [0.717, 1.165) is 28.9 Å². The number of esters is 1. The molecule has 0 bridgehead atoms. The molecule has 0 spiro atoms. The van der Waals surface area contributed by atoms with Gasteiger partial charge in [0.2, 0.25) is 11.8 Å². The summed E-state index contributed by atoms with van der Waals surface area (Å²) >= 11 is 0. The molecule has 1 N–H and O–H groups in total. The second kappa shape index (κ2) is 7.90. The molecule has 1 aromatic rings. The summed E-state index contributed by atoms with van der Waals surface area (Å²) in [5.41, 5.74) is 2.63. The molecule has 27 heavy (non-hydrogen) atoms. The van der Waals surface area contributed by atoms with Gasteiger partial charge in [0.05, 0.1) is 11.8 Å². The van der Waals surface area contributed by atoms with Gasteiger partial charge in [0, 0.05) is 5.69 Å². The Hall–Kier alpha value is -2.70. The van der Waals surface area contributed by atoms with Crippen LogP contribution in [0.15, 0.2) is 18.2 Å². The summed E-state index contributed by atoms with van der Waals surface area (Å²) < 4.78 is 4.96. The van der Waals surface area contributed by atoms with Gasteiger partial charge < -0.3 is 10.1 Å². The number of imide groups is 1. The number of ether oxygens (including phenoxy) is 1. The Morgan fingerprint density at radius 1 is 1.11 bits per heavy atom. The predicted octanol–water partition coefficient (Wildman–Crippen LogP) is 1.96. The molecule has 7 heteroatoms. The quantitative estimate of drug-likeness (QED) is 0.630. The van der Waals surface area contributed by atoms with E-state index in [2.05, 4.69) is 5.32 Å². The molecule has 0 unspecified atom stereocenters. The standard InChI is InChI=1S/C20H24N2O5/c1-12-6-5-9-16(13(12)2)21-17(23)11-27-18(24)10-22-19(25)14-7-3-4-8-15(14)20(22)26/h5-6,9,14-15H,3-4,7-8,10-11H2,1-2H3,(H,21,23)/t14-,15+. The van der Waals surface area contributed by atoms with Crippen molar-refractivity contribution in [3.8, 4) is 0 Å². The topological polar surface area (TPSA) is 92.8 Å². The molecular formula is C20H24N2O5. The second-order valence-corrected chi connectivity index (χ2v) is 7.22. The van der Waals surface area contributed by atoms with Crippen LogP contribution in [0, 0.1) is 25.7 Å². The van der Waals surface area contributed by atoms with Crippen LogP contribution in [0.2, 0.25) is 0 Å². The fourth-order valence-corrected chi connectivity index (χ4v) is 3.78. The summed E-state index contributed by atoms with van der Waals surface area (Å²) in [6.07, 6.45) is 3.24. The number of rotatable bonds is 5. The Kier molecular flexibility index (Phi) is 5.58. The van der Waals surface area contributed by atoms with Crippen molar-refractivity contribution in [1.82, 2.24) is 4.90 Å². The molecule has 1 heterocycles. The first-order valence-electron chi connectivity index (χ1n) is 9.25. The lowest BCUT2D eigenvalue weighted by atomic mass is 9.81. The number of nitrogens with one attached hydrogen (secondary N) is 1. The Balaban J connectivity index is 1.51. The Bertz CT molecular complexity index is 765. The van der Waals surface area contributed by atoms with Crippen molar-refractivity contribution in [2.45, 2.75) is 39.5 Å². The van der Waals surface area contributed by atoms with Gasteiger partial charge in [-0.15, -0.1) is 0 Å². The average Bonchev–Trinajstić information content (AvgIpc) is 2.89. The molecule has 1 saturated heterocycles. The summed E-state index contributed by atoms with van der Waals surface area (Å²) in [4.78, 5) is 49.7. The number of amides is 3. The lowest BCUT2D eigenvalue weighted by Crippen LogP contribution is -2.37. The van der Waals surface area contributed by atoms with Crippen LogP contribution < -0.4 is 5.32 Å². The van der Waals surface area contributed by atoms with Gasteiger partial charge in [-0.05, 0) is 43.9 Å². The zero-order valence-electron chi connectivity index (χ0n) is 15.6. The summed E-state index contributed by atoms with van der Waals surface area (Å²) in [5, 5.41) is 2.69. The smallest absolute Gasteiger partial charge is 0.326 e. The van der Waals surface area contributed by atoms with Crippen LogP contribution in [-0.4, -0.2) is 41.7 Å². The molecule has 0 radical (unpaired) electrons. The molecule has 2 atom stereocenters. The van der Waals surface area contributed by atoms with Crippen LogP contribution in [0.1, 0.15) is 36.8 Å². The van der Waals surface area contributed by atoms with Crippen LogP contribution in [0.5, 0.6) is 0 Å². The van der Waals surface area contributed by atoms with Crippen LogP contribution >= 0.6 is 0 Å². The molecule has 2 fully saturated rings. The minimum absolute atomic E-state index is 0.290. The summed E-state index contributed by atoms with van der Waals surface area (Å²) in [6.45, 7) is 2.93. The Morgan fingerprint density at radius 3 is 2.37 bits per heavy atom. The number of likely N-dealkylation sites (tertiary alicyclic amines) is 1. The molecule has 2 aliphatic rings. The zero-order valence-corrected chi connectivity index (χ0v) is 15.6. The minimum atomic E-state index is -0.758. The second-order valence-electron chi connectivity index (χ2n) is 7.22. The highest BCUT2D eigenvalue weighted by Gasteiger charge is 2.48. The van der Waals surface area contributed by atoms with Gasteiger partial charge in [-0.1, -0.05) is 25.0 Å². The van der Waals surface area contributed by atoms with E-state index in [1.807, 2.05) is 26.0 Å². The van der Waals surface area contributed by atoms with Crippen molar-refractivity contribution < 1.29 is 23.9 Å². The first kappa shape index (κ1) is 19.1. The highest BCUT2D eigenvalue weighted by Crippen LogP contribution is 2.37. The number of carbonyl (C=O) groups is 4. The van der Waals surface area contributed by atoms with E-state index in [9.17, 15) is 19.2 Å². The maximum atomic E-state index is 12.4. The maximum Gasteiger partial charge on any atom is 0.326 e. The van der Waals surface area contributed by atoms with Crippen LogP contribution in [0.3, 0.4) is 0 Å². The number of benzene rings is 1. The number of fused-ring (bicyclic) bond motifs is 1. The number of nitrogens with zero attached hydrogens (tertiary/aromatic N) is 1. The van der Waals surface area contributed by atoms with Crippen LogP contribution in [-0.2, 0) is 23.9 Å². The van der Waals surface area contributed by atoms with Gasteiger partial charge >= 0.3 is 5.97 Å². The minimum Gasteiger partial charge on any atom is -0.454 e. The number of hydrogen-bond acceptors (Lipinski definition) is 5. The highest BCUT2D eigenvalue weighted by molar-refractivity contribution is 6.07. The van der Waals surface area contributed by atoms with E-state index in [1.54, 1.807) is 6.07 Å². The Labute approximate surface area is 158 Å². The first-order chi connectivity index (χ1) is 12.9.